The summed E-state index contributed by atoms with van der Waals surface area (Å²) in [7, 11) is 0. The van der Waals surface area contributed by atoms with Crippen LogP contribution in [-0.2, 0) is 6.54 Å². The smallest absolute Gasteiger partial charge is 0.276 e. The van der Waals surface area contributed by atoms with E-state index in [1.807, 2.05) is 11.8 Å². The van der Waals surface area contributed by atoms with Gasteiger partial charge in [0.15, 0.2) is 5.69 Å². The molecular formula is C15H20N4O2S. The van der Waals surface area contributed by atoms with E-state index in [1.54, 1.807) is 24.3 Å². The van der Waals surface area contributed by atoms with Crippen LogP contribution in [0.2, 0.25) is 0 Å². The molecule has 2 aromatic rings. The fourth-order valence-electron chi connectivity index (χ4n) is 2.67. The van der Waals surface area contributed by atoms with Crippen molar-refractivity contribution in [2.45, 2.75) is 26.8 Å². The van der Waals surface area contributed by atoms with Gasteiger partial charge < -0.3 is 9.42 Å². The molecule has 0 saturated carbocycles. The zero-order chi connectivity index (χ0) is 15.5. The van der Waals surface area contributed by atoms with Crippen molar-refractivity contribution in [3.8, 4) is 0 Å². The molecule has 0 aliphatic carbocycles. The normalized spacial score (nSPS) is 16.7. The molecule has 0 radical (unpaired) electrons. The second-order valence-electron chi connectivity index (χ2n) is 5.60. The number of hydrogen-bond acceptors (Lipinski definition) is 6. The van der Waals surface area contributed by atoms with Crippen LogP contribution in [0.15, 0.2) is 16.0 Å². The Morgan fingerprint density at radius 1 is 1.32 bits per heavy atom. The van der Waals surface area contributed by atoms with Crippen LogP contribution in [-0.4, -0.2) is 52.0 Å². The van der Waals surface area contributed by atoms with Crippen LogP contribution in [0.25, 0.3) is 0 Å². The van der Waals surface area contributed by atoms with Crippen LogP contribution < -0.4 is 0 Å². The van der Waals surface area contributed by atoms with Crippen LogP contribution in [0, 0.1) is 13.8 Å². The Balaban J connectivity index is 1.58. The van der Waals surface area contributed by atoms with E-state index in [2.05, 4.69) is 20.4 Å². The fraction of sp³-hybridized carbons (Fsp3) is 0.533. The summed E-state index contributed by atoms with van der Waals surface area (Å²) in [5.74, 6) is 0.627. The van der Waals surface area contributed by atoms with Crippen molar-refractivity contribution in [1.29, 1.82) is 0 Å². The first kappa shape index (κ1) is 15.2. The molecule has 3 rings (SSSR count). The monoisotopic (exact) mass is 320 g/mol. The van der Waals surface area contributed by atoms with Crippen molar-refractivity contribution >= 4 is 17.2 Å². The molecule has 0 spiro atoms. The highest BCUT2D eigenvalue weighted by molar-refractivity contribution is 7.09. The zero-order valence-electron chi connectivity index (χ0n) is 12.9. The number of hydrogen-bond donors (Lipinski definition) is 0. The van der Waals surface area contributed by atoms with Crippen LogP contribution in [0.3, 0.4) is 0 Å². The van der Waals surface area contributed by atoms with Crippen LogP contribution in [0.1, 0.15) is 33.4 Å². The van der Waals surface area contributed by atoms with Gasteiger partial charge in [-0.15, -0.1) is 11.3 Å². The molecule has 0 N–H and O–H groups in total. The van der Waals surface area contributed by atoms with Gasteiger partial charge in [-0.1, -0.05) is 5.16 Å². The molecule has 22 heavy (non-hydrogen) atoms. The van der Waals surface area contributed by atoms with Gasteiger partial charge in [-0.05, 0) is 20.3 Å². The highest BCUT2D eigenvalue weighted by atomic mass is 32.1. The van der Waals surface area contributed by atoms with Gasteiger partial charge in [-0.3, -0.25) is 9.69 Å². The Bertz CT molecular complexity index is 652. The molecule has 1 aliphatic rings. The second kappa shape index (κ2) is 6.58. The minimum absolute atomic E-state index is 0.0387. The predicted molar refractivity (Wildman–Crippen MR) is 83.9 cm³/mol. The SMILES string of the molecule is Cc1cc(C(=O)N2CCCN(Cc3csc(C)n3)CC2)no1. The Labute approximate surface area is 133 Å². The average Bonchev–Trinajstić information content (AvgIpc) is 3.02. The Morgan fingerprint density at radius 3 is 2.86 bits per heavy atom. The van der Waals surface area contributed by atoms with Gasteiger partial charge >= 0.3 is 0 Å². The third-order valence-electron chi connectivity index (χ3n) is 3.77. The maximum absolute atomic E-state index is 12.4. The lowest BCUT2D eigenvalue weighted by Gasteiger charge is -2.20. The quantitative estimate of drug-likeness (QED) is 0.866. The number of carbonyl (C=O) groups excluding carboxylic acids is 1. The lowest BCUT2D eigenvalue weighted by molar-refractivity contribution is 0.0750. The molecule has 118 valence electrons. The molecule has 1 fully saturated rings. The van der Waals surface area contributed by atoms with E-state index in [0.717, 1.165) is 43.3 Å². The highest BCUT2D eigenvalue weighted by Crippen LogP contribution is 2.14. The van der Waals surface area contributed by atoms with Crippen molar-refractivity contribution in [3.63, 3.8) is 0 Å². The molecule has 2 aromatic heterocycles. The maximum Gasteiger partial charge on any atom is 0.276 e. The molecule has 0 atom stereocenters. The summed E-state index contributed by atoms with van der Waals surface area (Å²) < 4.78 is 5.00. The number of amides is 1. The van der Waals surface area contributed by atoms with Crippen molar-refractivity contribution in [2.24, 2.45) is 0 Å². The molecule has 6 nitrogen and oxygen atoms in total. The summed E-state index contributed by atoms with van der Waals surface area (Å²) in [4.78, 5) is 21.1. The topological polar surface area (TPSA) is 62.5 Å². The third-order valence-corrected chi connectivity index (χ3v) is 4.60. The van der Waals surface area contributed by atoms with Crippen molar-refractivity contribution in [2.75, 3.05) is 26.2 Å². The van der Waals surface area contributed by atoms with Gasteiger partial charge in [0.05, 0.1) is 10.7 Å². The number of aryl methyl sites for hydroxylation is 2. The van der Waals surface area contributed by atoms with Gasteiger partial charge in [0.2, 0.25) is 0 Å². The predicted octanol–water partition coefficient (Wildman–Crippen LogP) is 2.10. The van der Waals surface area contributed by atoms with Crippen molar-refractivity contribution in [1.82, 2.24) is 19.9 Å². The molecule has 0 aromatic carbocycles. The standard InChI is InChI=1S/C15H20N4O2S/c1-11-8-14(17-21-11)15(20)19-5-3-4-18(6-7-19)9-13-10-22-12(2)16-13/h8,10H,3-7,9H2,1-2H3. The number of carbonyl (C=O) groups is 1. The molecule has 1 saturated heterocycles. The molecule has 7 heteroatoms. The largest absolute Gasteiger partial charge is 0.361 e. The molecule has 0 unspecified atom stereocenters. The third kappa shape index (κ3) is 3.53. The Kier molecular flexibility index (Phi) is 4.54. The lowest BCUT2D eigenvalue weighted by Crippen LogP contribution is -2.35. The van der Waals surface area contributed by atoms with Crippen LogP contribution in [0.5, 0.6) is 0 Å². The van der Waals surface area contributed by atoms with Gasteiger partial charge in [-0.25, -0.2) is 4.98 Å². The summed E-state index contributed by atoms with van der Waals surface area (Å²) in [5.41, 5.74) is 1.52. The van der Waals surface area contributed by atoms with E-state index in [1.165, 1.54) is 0 Å². The maximum atomic E-state index is 12.4. The summed E-state index contributed by atoms with van der Waals surface area (Å²) >= 11 is 1.68. The van der Waals surface area contributed by atoms with Gasteiger partial charge in [-0.2, -0.15) is 0 Å². The van der Waals surface area contributed by atoms with Gasteiger partial charge in [0.1, 0.15) is 5.76 Å². The second-order valence-corrected chi connectivity index (χ2v) is 6.66. The van der Waals surface area contributed by atoms with Crippen LogP contribution in [0.4, 0.5) is 0 Å². The van der Waals surface area contributed by atoms with E-state index in [0.29, 0.717) is 18.0 Å². The lowest BCUT2D eigenvalue weighted by atomic mass is 10.3. The number of nitrogens with zero attached hydrogens (tertiary/aromatic N) is 4. The summed E-state index contributed by atoms with van der Waals surface area (Å²) in [6.07, 6.45) is 0.964. The minimum atomic E-state index is -0.0387. The van der Waals surface area contributed by atoms with Crippen molar-refractivity contribution < 1.29 is 9.32 Å². The van der Waals surface area contributed by atoms with E-state index >= 15 is 0 Å². The zero-order valence-corrected chi connectivity index (χ0v) is 13.7. The van der Waals surface area contributed by atoms with E-state index in [9.17, 15) is 4.79 Å². The Morgan fingerprint density at radius 2 is 2.18 bits per heavy atom. The van der Waals surface area contributed by atoms with E-state index in [4.69, 9.17) is 4.52 Å². The van der Waals surface area contributed by atoms with Crippen molar-refractivity contribution in [3.05, 3.63) is 33.6 Å². The van der Waals surface area contributed by atoms with E-state index in [-0.39, 0.29) is 5.91 Å². The fourth-order valence-corrected chi connectivity index (χ4v) is 3.28. The van der Waals surface area contributed by atoms with Crippen LogP contribution >= 0.6 is 11.3 Å². The first-order chi connectivity index (χ1) is 10.6. The summed E-state index contributed by atoms with van der Waals surface area (Å²) in [6, 6.07) is 1.70. The number of thiazole rings is 1. The molecule has 1 amide bonds. The molecule has 3 heterocycles. The molecule has 0 bridgehead atoms. The first-order valence-electron chi connectivity index (χ1n) is 7.48. The van der Waals surface area contributed by atoms with Gasteiger partial charge in [0, 0.05) is 44.2 Å². The number of aromatic nitrogens is 2. The van der Waals surface area contributed by atoms with E-state index < -0.39 is 0 Å². The average molecular weight is 320 g/mol. The number of rotatable bonds is 3. The first-order valence-corrected chi connectivity index (χ1v) is 8.36. The molecular weight excluding hydrogens is 300 g/mol. The minimum Gasteiger partial charge on any atom is -0.361 e. The van der Waals surface area contributed by atoms with Gasteiger partial charge in [0.25, 0.3) is 5.91 Å². The molecule has 1 aliphatic heterocycles. The summed E-state index contributed by atoms with van der Waals surface area (Å²) in [6.45, 7) is 8.00. The highest BCUT2D eigenvalue weighted by Gasteiger charge is 2.22. The summed E-state index contributed by atoms with van der Waals surface area (Å²) in [5, 5.41) is 7.04. The Hall–Kier alpha value is -1.73.